The first-order valence-corrected chi connectivity index (χ1v) is 8.20. The Hall–Kier alpha value is -3.48. The number of aromatic nitrogens is 2. The highest BCUT2D eigenvalue weighted by molar-refractivity contribution is 5.74. The quantitative estimate of drug-likeness (QED) is 0.498. The summed E-state index contributed by atoms with van der Waals surface area (Å²) in [6.07, 6.45) is 1.31. The summed E-state index contributed by atoms with van der Waals surface area (Å²) in [5, 5.41) is 17.8. The van der Waals surface area contributed by atoms with Crippen molar-refractivity contribution in [2.45, 2.75) is 19.9 Å². The monoisotopic (exact) mass is 349 g/mol. The zero-order valence-corrected chi connectivity index (χ0v) is 14.5. The maximum Gasteiger partial charge on any atom is 0.353 e. The number of hydrogen-bond acceptors (Lipinski definition) is 6. The van der Waals surface area contributed by atoms with E-state index < -0.39 is 4.92 Å². The van der Waals surface area contributed by atoms with Crippen molar-refractivity contribution in [3.05, 3.63) is 82.2 Å². The molecule has 132 valence electrons. The maximum absolute atomic E-state index is 11.7. The second-order valence-electron chi connectivity index (χ2n) is 5.89. The van der Waals surface area contributed by atoms with Gasteiger partial charge in [-0.2, -0.15) is 0 Å². The minimum atomic E-state index is -0.472. The Bertz CT molecular complexity index is 915. The van der Waals surface area contributed by atoms with E-state index in [1.54, 1.807) is 0 Å². The van der Waals surface area contributed by atoms with Crippen LogP contribution in [0.5, 0.6) is 0 Å². The van der Waals surface area contributed by atoms with Gasteiger partial charge in [-0.3, -0.25) is 10.1 Å². The molecular formula is C19H19N5O2. The predicted octanol–water partition coefficient (Wildman–Crippen LogP) is 4.61. The van der Waals surface area contributed by atoms with Crippen molar-refractivity contribution in [3.63, 3.8) is 0 Å². The number of nitro groups is 1. The number of para-hydroxylation sites is 1. The molecule has 0 bridgehead atoms. The minimum Gasteiger partial charge on any atom is -0.358 e. The molecule has 0 fully saturated rings. The fraction of sp³-hybridized carbons (Fsp3) is 0.158. The van der Waals surface area contributed by atoms with E-state index in [9.17, 15) is 10.1 Å². The molecule has 0 saturated heterocycles. The lowest BCUT2D eigenvalue weighted by molar-refractivity contribution is -0.383. The molecule has 0 amide bonds. The zero-order valence-electron chi connectivity index (χ0n) is 14.5. The Morgan fingerprint density at radius 2 is 1.65 bits per heavy atom. The molecule has 7 heteroatoms. The zero-order chi connectivity index (χ0) is 18.5. The van der Waals surface area contributed by atoms with Crippen LogP contribution in [0.3, 0.4) is 0 Å². The lowest BCUT2D eigenvalue weighted by Crippen LogP contribution is -2.11. The van der Waals surface area contributed by atoms with Gasteiger partial charge in [0.25, 0.3) is 0 Å². The molecule has 7 nitrogen and oxygen atoms in total. The smallest absolute Gasteiger partial charge is 0.353 e. The predicted molar refractivity (Wildman–Crippen MR) is 102 cm³/mol. The van der Waals surface area contributed by atoms with E-state index in [4.69, 9.17) is 0 Å². The van der Waals surface area contributed by atoms with Gasteiger partial charge in [0.2, 0.25) is 11.6 Å². The molecule has 0 spiro atoms. The van der Waals surface area contributed by atoms with Gasteiger partial charge in [0, 0.05) is 5.69 Å². The molecule has 1 unspecified atom stereocenters. The van der Waals surface area contributed by atoms with E-state index in [-0.39, 0.29) is 23.4 Å². The van der Waals surface area contributed by atoms with Crippen molar-refractivity contribution < 1.29 is 4.92 Å². The van der Waals surface area contributed by atoms with Crippen molar-refractivity contribution in [1.29, 1.82) is 0 Å². The van der Waals surface area contributed by atoms with Crippen LogP contribution in [0.1, 0.15) is 24.1 Å². The summed E-state index contributed by atoms with van der Waals surface area (Å²) in [6, 6.07) is 17.1. The Morgan fingerprint density at radius 1 is 1.00 bits per heavy atom. The first-order chi connectivity index (χ1) is 12.6. The Balaban J connectivity index is 1.94. The van der Waals surface area contributed by atoms with E-state index in [1.165, 1.54) is 6.33 Å². The molecular weight excluding hydrogens is 330 g/mol. The molecule has 1 atom stereocenters. The van der Waals surface area contributed by atoms with Gasteiger partial charge in [0.05, 0.1) is 11.0 Å². The largest absolute Gasteiger partial charge is 0.358 e. The number of rotatable bonds is 6. The number of anilines is 3. The first-order valence-electron chi connectivity index (χ1n) is 8.20. The van der Waals surface area contributed by atoms with Crippen molar-refractivity contribution in [1.82, 2.24) is 9.97 Å². The third-order valence-electron chi connectivity index (χ3n) is 4.06. The second-order valence-corrected chi connectivity index (χ2v) is 5.89. The minimum absolute atomic E-state index is 0.142. The van der Waals surface area contributed by atoms with Crippen LogP contribution in [0.25, 0.3) is 0 Å². The van der Waals surface area contributed by atoms with Crippen LogP contribution in [-0.2, 0) is 0 Å². The second kappa shape index (κ2) is 7.60. The molecule has 2 N–H and O–H groups in total. The maximum atomic E-state index is 11.7. The normalized spacial score (nSPS) is 11.6. The summed E-state index contributed by atoms with van der Waals surface area (Å²) in [6.45, 7) is 3.85. The van der Waals surface area contributed by atoms with E-state index in [2.05, 4.69) is 20.6 Å². The van der Waals surface area contributed by atoms with Crippen LogP contribution in [0, 0.1) is 17.0 Å². The van der Waals surface area contributed by atoms with Gasteiger partial charge < -0.3 is 10.6 Å². The summed E-state index contributed by atoms with van der Waals surface area (Å²) in [5.41, 5.74) is 2.55. The van der Waals surface area contributed by atoms with Crippen LogP contribution in [0.2, 0.25) is 0 Å². The van der Waals surface area contributed by atoms with E-state index in [0.717, 1.165) is 16.8 Å². The molecule has 0 radical (unpaired) electrons. The highest BCUT2D eigenvalue weighted by atomic mass is 16.6. The third-order valence-corrected chi connectivity index (χ3v) is 4.06. The molecule has 0 aliphatic heterocycles. The fourth-order valence-electron chi connectivity index (χ4n) is 2.62. The van der Waals surface area contributed by atoms with Gasteiger partial charge in [-0.15, -0.1) is 0 Å². The Morgan fingerprint density at radius 3 is 2.35 bits per heavy atom. The third kappa shape index (κ3) is 3.77. The number of hydrogen-bond donors (Lipinski definition) is 2. The highest BCUT2D eigenvalue weighted by Gasteiger charge is 2.24. The lowest BCUT2D eigenvalue weighted by Gasteiger charge is -2.16. The van der Waals surface area contributed by atoms with Gasteiger partial charge >= 0.3 is 5.69 Å². The number of nitrogens with zero attached hydrogens (tertiary/aromatic N) is 3. The number of benzene rings is 2. The fourth-order valence-corrected chi connectivity index (χ4v) is 2.62. The summed E-state index contributed by atoms with van der Waals surface area (Å²) in [4.78, 5) is 19.4. The van der Waals surface area contributed by atoms with Crippen molar-refractivity contribution in [2.24, 2.45) is 0 Å². The van der Waals surface area contributed by atoms with Gasteiger partial charge in [-0.25, -0.2) is 9.97 Å². The average molecular weight is 349 g/mol. The molecule has 0 saturated carbocycles. The first kappa shape index (κ1) is 17.3. The van der Waals surface area contributed by atoms with Gasteiger partial charge in [-0.05, 0) is 31.0 Å². The molecule has 1 aromatic heterocycles. The number of aryl methyl sites for hydroxylation is 1. The topological polar surface area (TPSA) is 93.0 Å². The molecule has 0 aliphatic rings. The van der Waals surface area contributed by atoms with Crippen LogP contribution >= 0.6 is 0 Å². The molecule has 1 heterocycles. The average Bonchev–Trinajstić information content (AvgIpc) is 2.64. The molecule has 0 aliphatic carbocycles. The van der Waals surface area contributed by atoms with E-state index in [0.29, 0.717) is 0 Å². The summed E-state index contributed by atoms with van der Waals surface area (Å²) < 4.78 is 0. The SMILES string of the molecule is Cc1ccccc1Nc1ncnc(NC(C)c2ccccc2)c1[N+](=O)[O-]. The lowest BCUT2D eigenvalue weighted by atomic mass is 10.1. The van der Waals surface area contributed by atoms with Crippen LogP contribution in [0.4, 0.5) is 23.0 Å². The van der Waals surface area contributed by atoms with Crippen LogP contribution in [0.15, 0.2) is 60.9 Å². The highest BCUT2D eigenvalue weighted by Crippen LogP contribution is 2.33. The van der Waals surface area contributed by atoms with Gasteiger partial charge in [-0.1, -0.05) is 48.5 Å². The van der Waals surface area contributed by atoms with Crippen molar-refractivity contribution >= 4 is 23.0 Å². The van der Waals surface area contributed by atoms with Gasteiger partial charge in [0.15, 0.2) is 0 Å². The van der Waals surface area contributed by atoms with Crippen LogP contribution in [-0.4, -0.2) is 14.9 Å². The molecule has 3 aromatic rings. The number of nitrogens with one attached hydrogen (secondary N) is 2. The molecule has 2 aromatic carbocycles. The Labute approximate surface area is 151 Å². The standard InChI is InChI=1S/C19H19N5O2/c1-13-8-6-7-11-16(13)23-19-17(24(25)26)18(20-12-21-19)22-14(2)15-9-4-3-5-10-15/h3-12,14H,1-2H3,(H2,20,21,22,23). The summed E-state index contributed by atoms with van der Waals surface area (Å²) in [5.74, 6) is 0.333. The van der Waals surface area contributed by atoms with E-state index in [1.807, 2.05) is 68.4 Å². The summed E-state index contributed by atoms with van der Waals surface area (Å²) >= 11 is 0. The molecule has 26 heavy (non-hydrogen) atoms. The van der Waals surface area contributed by atoms with E-state index >= 15 is 0 Å². The van der Waals surface area contributed by atoms with Gasteiger partial charge in [0.1, 0.15) is 6.33 Å². The van der Waals surface area contributed by atoms with Crippen LogP contribution < -0.4 is 10.6 Å². The molecule has 3 rings (SSSR count). The Kier molecular flexibility index (Phi) is 5.07. The van der Waals surface area contributed by atoms with Crippen molar-refractivity contribution in [2.75, 3.05) is 10.6 Å². The van der Waals surface area contributed by atoms with Crippen molar-refractivity contribution in [3.8, 4) is 0 Å². The summed E-state index contributed by atoms with van der Waals surface area (Å²) in [7, 11) is 0.